The number of Topliss-reactive ketones (excluding diaryl/α,β-unsaturated/α-hetero) is 1. The topological polar surface area (TPSA) is 104 Å². The molecule has 0 aromatic heterocycles. The van der Waals surface area contributed by atoms with Crippen LogP contribution in [0.15, 0.2) is 53.4 Å². The van der Waals surface area contributed by atoms with E-state index in [1.54, 1.807) is 76.2 Å². The van der Waals surface area contributed by atoms with Crippen molar-refractivity contribution in [3.63, 3.8) is 0 Å². The van der Waals surface area contributed by atoms with Crippen LogP contribution in [0.5, 0.6) is 0 Å². The minimum absolute atomic E-state index is 0.0497. The standard InChI is InChI=1S/C24H29N3O4S/c1-15(22(30)27-18-12-10-17(11-13-18)26-16(2)28)32-20-9-7-6-8-19(20)23(31)25-14-21(29)24(3,4)5/h6-13,15H,14H2,1-5H3,(H,25,31)(H,26,28)(H,27,30)/t15-/m1/s1. The Morgan fingerprint density at radius 1 is 0.906 bits per heavy atom. The SMILES string of the molecule is CC(=O)Nc1ccc(NC(=O)[C@@H](C)Sc2ccccc2C(=O)NCC(=O)C(C)(C)C)cc1. The van der Waals surface area contributed by atoms with Crippen LogP contribution in [-0.4, -0.2) is 35.3 Å². The summed E-state index contributed by atoms with van der Waals surface area (Å²) in [7, 11) is 0. The van der Waals surface area contributed by atoms with Gasteiger partial charge in [0.25, 0.3) is 5.91 Å². The Bertz CT molecular complexity index is 997. The van der Waals surface area contributed by atoms with Gasteiger partial charge in [-0.3, -0.25) is 19.2 Å². The smallest absolute Gasteiger partial charge is 0.252 e. The van der Waals surface area contributed by atoms with Gasteiger partial charge in [-0.1, -0.05) is 32.9 Å². The Labute approximate surface area is 192 Å². The molecule has 0 saturated carbocycles. The van der Waals surface area contributed by atoms with Crippen molar-refractivity contribution < 1.29 is 19.2 Å². The maximum Gasteiger partial charge on any atom is 0.252 e. The molecule has 3 amide bonds. The molecule has 0 spiro atoms. The van der Waals surface area contributed by atoms with Crippen LogP contribution in [-0.2, 0) is 14.4 Å². The number of ketones is 1. The van der Waals surface area contributed by atoms with Crippen LogP contribution in [0.2, 0.25) is 0 Å². The molecule has 0 bridgehead atoms. The largest absolute Gasteiger partial charge is 0.345 e. The summed E-state index contributed by atoms with van der Waals surface area (Å²) in [5, 5.41) is 7.70. The van der Waals surface area contributed by atoms with E-state index in [1.807, 2.05) is 0 Å². The van der Waals surface area contributed by atoms with Crippen LogP contribution in [0.25, 0.3) is 0 Å². The number of carbonyl (C=O) groups is 4. The fraction of sp³-hybridized carbons (Fsp3) is 0.333. The molecule has 2 aromatic carbocycles. The molecule has 0 saturated heterocycles. The minimum atomic E-state index is -0.533. The number of nitrogens with one attached hydrogen (secondary N) is 3. The highest BCUT2D eigenvalue weighted by Gasteiger charge is 2.23. The molecule has 170 valence electrons. The van der Waals surface area contributed by atoms with Gasteiger partial charge in [0.2, 0.25) is 11.8 Å². The van der Waals surface area contributed by atoms with E-state index in [2.05, 4.69) is 16.0 Å². The maximum absolute atomic E-state index is 12.6. The van der Waals surface area contributed by atoms with Crippen LogP contribution >= 0.6 is 11.8 Å². The number of thioether (sulfide) groups is 1. The van der Waals surface area contributed by atoms with E-state index in [4.69, 9.17) is 0 Å². The van der Waals surface area contributed by atoms with E-state index in [1.165, 1.54) is 18.7 Å². The Morgan fingerprint density at radius 2 is 1.47 bits per heavy atom. The van der Waals surface area contributed by atoms with Crippen molar-refractivity contribution in [1.82, 2.24) is 5.32 Å². The second-order valence-corrected chi connectivity index (χ2v) is 9.74. The van der Waals surface area contributed by atoms with Crippen LogP contribution in [0.4, 0.5) is 11.4 Å². The first-order valence-electron chi connectivity index (χ1n) is 10.2. The zero-order chi connectivity index (χ0) is 23.9. The zero-order valence-corrected chi connectivity index (χ0v) is 19.8. The van der Waals surface area contributed by atoms with Gasteiger partial charge >= 0.3 is 0 Å². The third-order valence-electron chi connectivity index (χ3n) is 4.52. The first kappa shape index (κ1) is 25.1. The van der Waals surface area contributed by atoms with E-state index < -0.39 is 10.7 Å². The van der Waals surface area contributed by atoms with Crippen molar-refractivity contribution in [1.29, 1.82) is 0 Å². The fourth-order valence-corrected chi connectivity index (χ4v) is 3.60. The molecule has 2 aromatic rings. The lowest BCUT2D eigenvalue weighted by atomic mass is 9.91. The molecule has 1 atom stereocenters. The van der Waals surface area contributed by atoms with Gasteiger partial charge in [-0.05, 0) is 43.3 Å². The first-order valence-corrected chi connectivity index (χ1v) is 11.1. The molecule has 0 heterocycles. The first-order chi connectivity index (χ1) is 15.0. The minimum Gasteiger partial charge on any atom is -0.345 e. The summed E-state index contributed by atoms with van der Waals surface area (Å²) in [5.74, 6) is -0.808. The maximum atomic E-state index is 12.6. The highest BCUT2D eigenvalue weighted by atomic mass is 32.2. The Morgan fingerprint density at radius 3 is 2.03 bits per heavy atom. The van der Waals surface area contributed by atoms with E-state index in [0.29, 0.717) is 21.8 Å². The number of benzene rings is 2. The molecule has 0 aliphatic heterocycles. The van der Waals surface area contributed by atoms with Gasteiger partial charge in [-0.25, -0.2) is 0 Å². The predicted molar refractivity (Wildman–Crippen MR) is 128 cm³/mol. The number of hydrogen-bond donors (Lipinski definition) is 3. The predicted octanol–water partition coefficient (Wildman–Crippen LogP) is 4.11. The van der Waals surface area contributed by atoms with Gasteiger partial charge in [0, 0.05) is 28.6 Å². The molecule has 3 N–H and O–H groups in total. The van der Waals surface area contributed by atoms with E-state index >= 15 is 0 Å². The highest BCUT2D eigenvalue weighted by Crippen LogP contribution is 2.28. The number of carbonyl (C=O) groups excluding carboxylic acids is 4. The normalized spacial score (nSPS) is 11.9. The molecule has 0 unspecified atom stereocenters. The van der Waals surface area contributed by atoms with Crippen LogP contribution in [0.3, 0.4) is 0 Å². The summed E-state index contributed by atoms with van der Waals surface area (Å²) in [6.45, 7) is 8.54. The van der Waals surface area contributed by atoms with E-state index in [9.17, 15) is 19.2 Å². The Hall–Kier alpha value is -3.13. The number of hydrogen-bond acceptors (Lipinski definition) is 5. The molecule has 0 aliphatic rings. The monoisotopic (exact) mass is 455 g/mol. The van der Waals surface area contributed by atoms with Crippen molar-refractivity contribution >= 4 is 46.6 Å². The lowest BCUT2D eigenvalue weighted by molar-refractivity contribution is -0.125. The van der Waals surface area contributed by atoms with Gasteiger partial charge in [0.05, 0.1) is 17.4 Å². The zero-order valence-electron chi connectivity index (χ0n) is 18.9. The van der Waals surface area contributed by atoms with Gasteiger partial charge in [-0.2, -0.15) is 0 Å². The Balaban J connectivity index is 2.01. The van der Waals surface area contributed by atoms with Crippen LogP contribution in [0.1, 0.15) is 45.0 Å². The van der Waals surface area contributed by atoms with Crippen molar-refractivity contribution in [3.8, 4) is 0 Å². The second-order valence-electron chi connectivity index (χ2n) is 8.36. The quantitative estimate of drug-likeness (QED) is 0.520. The van der Waals surface area contributed by atoms with Crippen LogP contribution in [0, 0.1) is 5.41 Å². The number of amides is 3. The number of anilines is 2. The summed E-state index contributed by atoms with van der Waals surface area (Å²) in [5.41, 5.74) is 1.12. The molecular formula is C24H29N3O4S. The van der Waals surface area contributed by atoms with Crippen LogP contribution < -0.4 is 16.0 Å². The van der Waals surface area contributed by atoms with Crippen molar-refractivity contribution in [3.05, 3.63) is 54.1 Å². The highest BCUT2D eigenvalue weighted by molar-refractivity contribution is 8.00. The lowest BCUT2D eigenvalue weighted by Crippen LogP contribution is -2.35. The van der Waals surface area contributed by atoms with E-state index in [0.717, 1.165) is 0 Å². The summed E-state index contributed by atoms with van der Waals surface area (Å²) < 4.78 is 0. The molecule has 8 heteroatoms. The van der Waals surface area contributed by atoms with Gasteiger partial charge < -0.3 is 16.0 Å². The average molecular weight is 456 g/mol. The molecular weight excluding hydrogens is 426 g/mol. The summed E-state index contributed by atoms with van der Waals surface area (Å²) in [6, 6.07) is 13.8. The summed E-state index contributed by atoms with van der Waals surface area (Å²) in [4.78, 5) is 49.1. The van der Waals surface area contributed by atoms with Crippen molar-refractivity contribution in [2.45, 2.75) is 44.8 Å². The molecule has 2 rings (SSSR count). The average Bonchev–Trinajstić information content (AvgIpc) is 2.72. The molecule has 0 fully saturated rings. The second kappa shape index (κ2) is 10.9. The van der Waals surface area contributed by atoms with Crippen molar-refractivity contribution in [2.24, 2.45) is 5.41 Å². The van der Waals surface area contributed by atoms with Gasteiger partial charge in [0.15, 0.2) is 5.78 Å². The Kier molecular flexibility index (Phi) is 8.60. The molecule has 0 aliphatic carbocycles. The lowest BCUT2D eigenvalue weighted by Gasteiger charge is -2.18. The third kappa shape index (κ3) is 7.53. The van der Waals surface area contributed by atoms with Gasteiger partial charge in [0.1, 0.15) is 0 Å². The molecule has 0 radical (unpaired) electrons. The van der Waals surface area contributed by atoms with Gasteiger partial charge in [-0.15, -0.1) is 11.8 Å². The summed E-state index contributed by atoms with van der Waals surface area (Å²) in [6.07, 6.45) is 0. The molecule has 7 nitrogen and oxygen atoms in total. The number of rotatable bonds is 8. The summed E-state index contributed by atoms with van der Waals surface area (Å²) >= 11 is 1.26. The fourth-order valence-electron chi connectivity index (χ4n) is 2.61. The molecule has 32 heavy (non-hydrogen) atoms. The van der Waals surface area contributed by atoms with E-state index in [-0.39, 0.29) is 30.0 Å². The van der Waals surface area contributed by atoms with Crippen molar-refractivity contribution in [2.75, 3.05) is 17.2 Å². The third-order valence-corrected chi connectivity index (χ3v) is 5.70.